The van der Waals surface area contributed by atoms with E-state index in [-0.39, 0.29) is 17.4 Å². The van der Waals surface area contributed by atoms with Gasteiger partial charge in [0.1, 0.15) is 17.6 Å². The third-order valence-electron chi connectivity index (χ3n) is 2.85. The van der Waals surface area contributed by atoms with E-state index in [2.05, 4.69) is 15.3 Å². The summed E-state index contributed by atoms with van der Waals surface area (Å²) >= 11 is 0. The molecule has 0 atom stereocenters. The largest absolute Gasteiger partial charge is 0.384 e. The highest BCUT2D eigenvalue weighted by atomic mass is 16.1. The maximum Gasteiger partial charge on any atom is 0.228 e. The predicted molar refractivity (Wildman–Crippen MR) is 68.9 cm³/mol. The van der Waals surface area contributed by atoms with Gasteiger partial charge in [-0.15, -0.1) is 0 Å². The average molecular weight is 251 g/mol. The van der Waals surface area contributed by atoms with Gasteiger partial charge in [-0.1, -0.05) is 0 Å². The number of fused-ring (bicyclic) bond motifs is 1. The van der Waals surface area contributed by atoms with Crippen LogP contribution >= 0.6 is 0 Å². The summed E-state index contributed by atoms with van der Waals surface area (Å²) in [6.07, 6.45) is 0.344. The van der Waals surface area contributed by atoms with E-state index in [1.54, 1.807) is 12.1 Å². The van der Waals surface area contributed by atoms with Crippen LogP contribution in [0.25, 0.3) is 11.4 Å². The summed E-state index contributed by atoms with van der Waals surface area (Å²) in [6.45, 7) is 0. The third kappa shape index (κ3) is 1.98. The van der Waals surface area contributed by atoms with Crippen molar-refractivity contribution in [2.75, 3.05) is 11.1 Å². The van der Waals surface area contributed by atoms with Crippen LogP contribution in [0.2, 0.25) is 0 Å². The van der Waals surface area contributed by atoms with Crippen molar-refractivity contribution >= 4 is 17.4 Å². The van der Waals surface area contributed by atoms with Crippen LogP contribution in [0.1, 0.15) is 11.3 Å². The number of nitriles is 1. The Bertz CT molecular complexity index is 732. The first-order valence-corrected chi connectivity index (χ1v) is 5.63. The molecule has 0 saturated heterocycles. The van der Waals surface area contributed by atoms with Crippen molar-refractivity contribution in [3.05, 3.63) is 35.5 Å². The zero-order valence-electron chi connectivity index (χ0n) is 9.84. The van der Waals surface area contributed by atoms with E-state index in [9.17, 15) is 4.79 Å². The summed E-state index contributed by atoms with van der Waals surface area (Å²) in [5.41, 5.74) is 8.29. The molecular weight excluding hydrogens is 242 g/mol. The van der Waals surface area contributed by atoms with E-state index < -0.39 is 0 Å². The molecule has 0 saturated carbocycles. The Morgan fingerprint density at radius 2 is 2.16 bits per heavy atom. The number of amides is 1. The molecule has 1 aliphatic rings. The normalized spacial score (nSPS) is 12.7. The highest BCUT2D eigenvalue weighted by molar-refractivity contribution is 5.99. The van der Waals surface area contributed by atoms with Gasteiger partial charge in [-0.3, -0.25) is 4.79 Å². The van der Waals surface area contributed by atoms with Gasteiger partial charge in [0.2, 0.25) is 5.91 Å². The van der Waals surface area contributed by atoms with E-state index in [1.807, 2.05) is 12.1 Å². The SMILES string of the molecule is N#Cc1cc(N)nc(-c2ccc3c(c2)CC(=O)N3)n1. The van der Waals surface area contributed by atoms with Crippen LogP contribution in [0.5, 0.6) is 0 Å². The van der Waals surface area contributed by atoms with Gasteiger partial charge in [0.15, 0.2) is 5.82 Å². The number of nitrogen functional groups attached to an aromatic ring is 1. The molecule has 1 aromatic carbocycles. The Morgan fingerprint density at radius 3 is 2.95 bits per heavy atom. The minimum Gasteiger partial charge on any atom is -0.384 e. The number of hydrogen-bond donors (Lipinski definition) is 2. The fraction of sp³-hybridized carbons (Fsp3) is 0.0769. The molecule has 92 valence electrons. The summed E-state index contributed by atoms with van der Waals surface area (Å²) in [7, 11) is 0. The van der Waals surface area contributed by atoms with Crippen molar-refractivity contribution in [3.8, 4) is 17.5 Å². The zero-order valence-corrected chi connectivity index (χ0v) is 9.84. The van der Waals surface area contributed by atoms with Crippen LogP contribution in [0.3, 0.4) is 0 Å². The minimum absolute atomic E-state index is 0.0293. The Labute approximate surface area is 108 Å². The lowest BCUT2D eigenvalue weighted by Gasteiger charge is -2.04. The molecule has 3 N–H and O–H groups in total. The van der Waals surface area contributed by atoms with Crippen molar-refractivity contribution in [1.29, 1.82) is 5.26 Å². The molecule has 0 radical (unpaired) electrons. The van der Waals surface area contributed by atoms with Crippen LogP contribution in [-0.4, -0.2) is 15.9 Å². The number of benzene rings is 1. The maximum absolute atomic E-state index is 11.3. The molecule has 1 amide bonds. The second-order valence-electron chi connectivity index (χ2n) is 4.21. The molecule has 3 rings (SSSR count). The summed E-state index contributed by atoms with van der Waals surface area (Å²) < 4.78 is 0. The standard InChI is InChI=1S/C13H9N5O/c14-6-9-5-11(15)18-13(16-9)7-1-2-10-8(3-7)4-12(19)17-10/h1-3,5H,4H2,(H,17,19)(H2,15,16,18). The molecule has 1 aliphatic heterocycles. The van der Waals surface area contributed by atoms with Crippen molar-refractivity contribution in [1.82, 2.24) is 9.97 Å². The second-order valence-corrected chi connectivity index (χ2v) is 4.21. The quantitative estimate of drug-likeness (QED) is 0.789. The van der Waals surface area contributed by atoms with E-state index in [1.165, 1.54) is 6.07 Å². The molecule has 2 heterocycles. The Morgan fingerprint density at radius 1 is 1.32 bits per heavy atom. The number of rotatable bonds is 1. The number of hydrogen-bond acceptors (Lipinski definition) is 5. The molecule has 0 bridgehead atoms. The molecule has 6 nitrogen and oxygen atoms in total. The number of nitrogens with two attached hydrogens (primary N) is 1. The van der Waals surface area contributed by atoms with Gasteiger partial charge in [-0.05, 0) is 23.8 Å². The smallest absolute Gasteiger partial charge is 0.228 e. The first-order chi connectivity index (χ1) is 9.15. The molecular formula is C13H9N5O. The van der Waals surface area contributed by atoms with Gasteiger partial charge in [0.05, 0.1) is 6.42 Å². The zero-order chi connectivity index (χ0) is 13.4. The predicted octanol–water partition coefficient (Wildman–Crippen LogP) is 1.09. The Balaban J connectivity index is 2.09. The van der Waals surface area contributed by atoms with Crippen molar-refractivity contribution in [3.63, 3.8) is 0 Å². The van der Waals surface area contributed by atoms with Crippen LogP contribution in [0.15, 0.2) is 24.3 Å². The number of aromatic nitrogens is 2. The number of carbonyl (C=O) groups is 1. The first kappa shape index (κ1) is 11.2. The molecule has 1 aromatic heterocycles. The van der Waals surface area contributed by atoms with Crippen molar-refractivity contribution in [2.24, 2.45) is 0 Å². The van der Waals surface area contributed by atoms with Gasteiger partial charge >= 0.3 is 0 Å². The molecule has 2 aromatic rings. The van der Waals surface area contributed by atoms with Gasteiger partial charge in [-0.25, -0.2) is 9.97 Å². The lowest BCUT2D eigenvalue weighted by molar-refractivity contribution is -0.115. The number of carbonyl (C=O) groups excluding carboxylic acids is 1. The maximum atomic E-state index is 11.3. The molecule has 0 spiro atoms. The molecule has 6 heteroatoms. The molecule has 0 fully saturated rings. The third-order valence-corrected chi connectivity index (χ3v) is 2.85. The lowest BCUT2D eigenvalue weighted by atomic mass is 10.1. The number of nitrogens with one attached hydrogen (secondary N) is 1. The van der Waals surface area contributed by atoms with Crippen LogP contribution in [0, 0.1) is 11.3 Å². The Hall–Kier alpha value is -2.94. The number of nitrogens with zero attached hydrogens (tertiary/aromatic N) is 3. The van der Waals surface area contributed by atoms with E-state index in [4.69, 9.17) is 11.0 Å². The fourth-order valence-corrected chi connectivity index (χ4v) is 2.02. The van der Waals surface area contributed by atoms with E-state index in [0.29, 0.717) is 12.2 Å². The summed E-state index contributed by atoms with van der Waals surface area (Å²) in [5.74, 6) is 0.605. The molecule has 19 heavy (non-hydrogen) atoms. The highest BCUT2D eigenvalue weighted by Gasteiger charge is 2.18. The lowest BCUT2D eigenvalue weighted by Crippen LogP contribution is -2.03. The van der Waals surface area contributed by atoms with Crippen molar-refractivity contribution < 1.29 is 4.79 Å². The summed E-state index contributed by atoms with van der Waals surface area (Å²) in [6, 6.07) is 8.79. The Kier molecular flexibility index (Phi) is 2.39. The summed E-state index contributed by atoms with van der Waals surface area (Å²) in [4.78, 5) is 19.5. The molecule has 0 unspecified atom stereocenters. The summed E-state index contributed by atoms with van der Waals surface area (Å²) in [5, 5.41) is 11.6. The monoisotopic (exact) mass is 251 g/mol. The first-order valence-electron chi connectivity index (χ1n) is 5.63. The van der Waals surface area contributed by atoms with Gasteiger partial charge < -0.3 is 11.1 Å². The van der Waals surface area contributed by atoms with Gasteiger partial charge in [0.25, 0.3) is 0 Å². The van der Waals surface area contributed by atoms with E-state index >= 15 is 0 Å². The van der Waals surface area contributed by atoms with E-state index in [0.717, 1.165) is 16.8 Å². The van der Waals surface area contributed by atoms with Crippen LogP contribution in [-0.2, 0) is 11.2 Å². The van der Waals surface area contributed by atoms with Crippen LogP contribution < -0.4 is 11.1 Å². The van der Waals surface area contributed by atoms with Gasteiger partial charge in [-0.2, -0.15) is 5.26 Å². The molecule has 0 aliphatic carbocycles. The van der Waals surface area contributed by atoms with Crippen molar-refractivity contribution in [2.45, 2.75) is 6.42 Å². The highest BCUT2D eigenvalue weighted by Crippen LogP contribution is 2.27. The topological polar surface area (TPSA) is 105 Å². The van der Waals surface area contributed by atoms with Gasteiger partial charge in [0, 0.05) is 17.3 Å². The average Bonchev–Trinajstić information content (AvgIpc) is 2.76. The fourth-order valence-electron chi connectivity index (χ4n) is 2.02. The van der Waals surface area contributed by atoms with Crippen LogP contribution in [0.4, 0.5) is 11.5 Å². The minimum atomic E-state index is -0.0293. The second kappa shape index (κ2) is 4.07. The number of anilines is 2.